The molecule has 0 aliphatic heterocycles. The molecule has 0 aliphatic carbocycles. The van der Waals surface area contributed by atoms with E-state index in [4.69, 9.17) is 15.4 Å². The molecule has 0 saturated heterocycles. The fraction of sp³-hybridized carbons (Fsp3) is 0.455. The maximum Gasteiger partial charge on any atom is 0.179 e. The maximum atomic E-state index is 11.9. The molecule has 0 aromatic heterocycles. The third-order valence-electron chi connectivity index (χ3n) is 2.46. The first-order chi connectivity index (χ1) is 8.45. The van der Waals surface area contributed by atoms with Gasteiger partial charge in [-0.15, -0.1) is 0 Å². The molecule has 7 heteroatoms. The average Bonchev–Trinajstić information content (AvgIpc) is 2.33. The Bertz CT molecular complexity index is 512. The van der Waals surface area contributed by atoms with E-state index in [1.165, 1.54) is 14.2 Å². The topological polar surface area (TPSA) is 87.8 Å². The first kappa shape index (κ1) is 14.7. The van der Waals surface area contributed by atoms with Crippen LogP contribution in [0.25, 0.3) is 0 Å². The quantitative estimate of drug-likeness (QED) is 0.762. The molecule has 0 aliphatic rings. The Morgan fingerprint density at radius 3 is 2.17 bits per heavy atom. The maximum absolute atomic E-state index is 11.9. The third kappa shape index (κ3) is 3.12. The number of hydrogen-bond donors (Lipinski definition) is 1. The van der Waals surface area contributed by atoms with Crippen molar-refractivity contribution in [2.45, 2.75) is 11.3 Å². The summed E-state index contributed by atoms with van der Waals surface area (Å²) >= 11 is 0. The Hall–Kier alpha value is -1.31. The van der Waals surface area contributed by atoms with Crippen LogP contribution in [0.1, 0.15) is 5.56 Å². The van der Waals surface area contributed by atoms with Crippen LogP contribution in [0.4, 0.5) is 0 Å². The highest BCUT2D eigenvalue weighted by Crippen LogP contribution is 2.34. The molecule has 0 unspecified atom stereocenters. The van der Waals surface area contributed by atoms with E-state index in [0.29, 0.717) is 17.7 Å². The van der Waals surface area contributed by atoms with Crippen molar-refractivity contribution in [3.8, 4) is 11.5 Å². The predicted octanol–water partition coefficient (Wildman–Crippen LogP) is 0.540. The highest BCUT2D eigenvalue weighted by molar-refractivity contribution is 7.90. The molecule has 18 heavy (non-hydrogen) atoms. The van der Waals surface area contributed by atoms with Gasteiger partial charge in [-0.3, -0.25) is 0 Å². The third-order valence-corrected chi connectivity index (χ3v) is 3.65. The van der Waals surface area contributed by atoms with Gasteiger partial charge in [-0.1, -0.05) is 0 Å². The van der Waals surface area contributed by atoms with Crippen LogP contribution in [-0.4, -0.2) is 35.5 Å². The Morgan fingerprint density at radius 1 is 1.17 bits per heavy atom. The van der Waals surface area contributed by atoms with Crippen LogP contribution in [0.2, 0.25) is 0 Å². The smallest absolute Gasteiger partial charge is 0.179 e. The zero-order chi connectivity index (χ0) is 13.8. The molecular weight excluding hydrogens is 258 g/mol. The van der Waals surface area contributed by atoms with Crippen LogP contribution >= 0.6 is 0 Å². The summed E-state index contributed by atoms with van der Waals surface area (Å²) in [5.41, 5.74) is 0.504. The molecule has 0 atom stereocenters. The molecule has 0 amide bonds. The number of methoxy groups -OCH3 is 2. The summed E-state index contributed by atoms with van der Waals surface area (Å²) in [5.74, 6) is 5.72. The number of benzene rings is 1. The first-order valence-corrected chi connectivity index (χ1v) is 7.10. The molecule has 102 valence electrons. The van der Waals surface area contributed by atoms with Crippen LogP contribution in [0.15, 0.2) is 17.0 Å². The Morgan fingerprint density at radius 2 is 1.72 bits per heavy atom. The van der Waals surface area contributed by atoms with E-state index in [0.717, 1.165) is 6.26 Å². The Labute approximate surface area is 107 Å². The van der Waals surface area contributed by atoms with Crippen molar-refractivity contribution in [1.29, 1.82) is 0 Å². The van der Waals surface area contributed by atoms with E-state index in [1.807, 2.05) is 0 Å². The van der Waals surface area contributed by atoms with Crippen LogP contribution in [0.3, 0.4) is 0 Å². The van der Waals surface area contributed by atoms with E-state index >= 15 is 0 Å². The lowest BCUT2D eigenvalue weighted by Crippen LogP contribution is -2.11. The molecule has 6 nitrogen and oxygen atoms in total. The van der Waals surface area contributed by atoms with Crippen molar-refractivity contribution < 1.29 is 22.7 Å². The minimum atomic E-state index is -3.44. The molecule has 0 heterocycles. The largest absolute Gasteiger partial charge is 0.496 e. The van der Waals surface area contributed by atoms with Gasteiger partial charge in [-0.25, -0.2) is 14.3 Å². The lowest BCUT2D eigenvalue weighted by Gasteiger charge is -2.15. The number of rotatable bonds is 6. The summed E-state index contributed by atoms with van der Waals surface area (Å²) in [6, 6.07) is 3.21. The van der Waals surface area contributed by atoms with Gasteiger partial charge in [0.1, 0.15) is 16.4 Å². The van der Waals surface area contributed by atoms with Crippen LogP contribution in [-0.2, 0) is 21.1 Å². The van der Waals surface area contributed by atoms with Gasteiger partial charge in [0.2, 0.25) is 0 Å². The predicted molar refractivity (Wildman–Crippen MR) is 66.5 cm³/mol. The highest BCUT2D eigenvalue weighted by Gasteiger charge is 2.22. The van der Waals surface area contributed by atoms with Gasteiger partial charge in [-0.2, -0.15) is 0 Å². The van der Waals surface area contributed by atoms with Crippen molar-refractivity contribution in [3.05, 3.63) is 17.7 Å². The van der Waals surface area contributed by atoms with Gasteiger partial charge in [0.05, 0.1) is 20.8 Å². The van der Waals surface area contributed by atoms with E-state index in [-0.39, 0.29) is 17.3 Å². The summed E-state index contributed by atoms with van der Waals surface area (Å²) < 4.78 is 34.0. The van der Waals surface area contributed by atoms with Gasteiger partial charge in [0.15, 0.2) is 9.84 Å². The summed E-state index contributed by atoms with van der Waals surface area (Å²) in [6.07, 6.45) is 1.44. The molecule has 0 bridgehead atoms. The summed E-state index contributed by atoms with van der Waals surface area (Å²) in [6.45, 7) is 0.187. The van der Waals surface area contributed by atoms with Crippen LogP contribution < -0.4 is 15.4 Å². The number of sulfone groups is 1. The molecule has 0 fully saturated rings. The second-order valence-electron chi connectivity index (χ2n) is 3.67. The molecule has 1 aromatic rings. The molecule has 0 saturated carbocycles. The van der Waals surface area contributed by atoms with Crippen molar-refractivity contribution in [2.75, 3.05) is 27.1 Å². The number of hydrogen-bond acceptors (Lipinski definition) is 6. The molecule has 0 spiro atoms. The molecule has 1 rings (SSSR count). The van der Waals surface area contributed by atoms with Crippen molar-refractivity contribution in [1.82, 2.24) is 0 Å². The SMILES string of the molecule is COc1ccc(OC)c(S(C)(=O)=O)c1CCON. The second-order valence-corrected chi connectivity index (χ2v) is 5.62. The Balaban J connectivity index is 3.48. The minimum Gasteiger partial charge on any atom is -0.496 e. The summed E-state index contributed by atoms with van der Waals surface area (Å²) in [7, 11) is -0.551. The van der Waals surface area contributed by atoms with Gasteiger partial charge >= 0.3 is 0 Å². The lowest BCUT2D eigenvalue weighted by molar-refractivity contribution is 0.140. The highest BCUT2D eigenvalue weighted by atomic mass is 32.2. The fourth-order valence-electron chi connectivity index (χ4n) is 1.74. The van der Waals surface area contributed by atoms with Crippen molar-refractivity contribution in [2.24, 2.45) is 5.90 Å². The summed E-state index contributed by atoms with van der Waals surface area (Å²) in [4.78, 5) is 4.61. The normalized spacial score (nSPS) is 11.3. The van der Waals surface area contributed by atoms with E-state index in [2.05, 4.69) is 4.84 Å². The number of ether oxygens (including phenoxy) is 2. The monoisotopic (exact) mass is 275 g/mol. The average molecular weight is 275 g/mol. The second kappa shape index (κ2) is 6.03. The standard InChI is InChI=1S/C11H17NO5S/c1-15-9-4-5-10(16-2)11(18(3,13)14)8(9)6-7-17-12/h4-5H,6-7,12H2,1-3H3. The summed E-state index contributed by atoms with van der Waals surface area (Å²) in [5, 5.41) is 0. The minimum absolute atomic E-state index is 0.112. The van der Waals surface area contributed by atoms with Crippen molar-refractivity contribution in [3.63, 3.8) is 0 Å². The van der Waals surface area contributed by atoms with Gasteiger partial charge in [0.25, 0.3) is 0 Å². The van der Waals surface area contributed by atoms with E-state index < -0.39 is 9.84 Å². The molecule has 0 radical (unpaired) electrons. The molecule has 1 aromatic carbocycles. The molecular formula is C11H17NO5S. The zero-order valence-electron chi connectivity index (χ0n) is 10.6. The van der Waals surface area contributed by atoms with Gasteiger partial charge in [-0.05, 0) is 12.1 Å². The fourth-order valence-corrected chi connectivity index (χ4v) is 2.91. The van der Waals surface area contributed by atoms with Crippen LogP contribution in [0.5, 0.6) is 11.5 Å². The van der Waals surface area contributed by atoms with Crippen molar-refractivity contribution >= 4 is 9.84 Å². The van der Waals surface area contributed by atoms with Gasteiger partial charge < -0.3 is 14.3 Å². The zero-order valence-corrected chi connectivity index (χ0v) is 11.4. The van der Waals surface area contributed by atoms with Crippen LogP contribution in [0, 0.1) is 0 Å². The van der Waals surface area contributed by atoms with E-state index in [1.54, 1.807) is 12.1 Å². The van der Waals surface area contributed by atoms with E-state index in [9.17, 15) is 8.42 Å². The van der Waals surface area contributed by atoms with Gasteiger partial charge in [0, 0.05) is 18.2 Å². The number of nitrogens with two attached hydrogens (primary N) is 1. The molecule has 2 N–H and O–H groups in total. The lowest BCUT2D eigenvalue weighted by atomic mass is 10.1. The Kier molecular flexibility index (Phi) is 4.94. The first-order valence-electron chi connectivity index (χ1n) is 5.21.